The molecule has 0 saturated carbocycles. The second-order valence-corrected chi connectivity index (χ2v) is 5.20. The van der Waals surface area contributed by atoms with Crippen LogP contribution >= 0.6 is 0 Å². The van der Waals surface area contributed by atoms with Crippen LogP contribution in [-0.2, 0) is 16.0 Å². The number of benzene rings is 2. The Labute approximate surface area is 140 Å². The van der Waals surface area contributed by atoms with Gasteiger partial charge in [0, 0.05) is 6.08 Å². The van der Waals surface area contributed by atoms with Crippen molar-refractivity contribution in [2.24, 2.45) is 0 Å². The first-order chi connectivity index (χ1) is 11.6. The Kier molecular flexibility index (Phi) is 6.25. The van der Waals surface area contributed by atoms with E-state index in [1.165, 1.54) is 19.3 Å². The minimum atomic E-state index is -0.423. The molecule has 2 aromatic rings. The molecule has 0 aliphatic carbocycles. The predicted molar refractivity (Wildman–Crippen MR) is 91.1 cm³/mol. The Balaban J connectivity index is 1.75. The largest absolute Gasteiger partial charge is 0.508 e. The van der Waals surface area contributed by atoms with Crippen molar-refractivity contribution in [3.8, 4) is 17.2 Å². The number of aryl methyl sites for hydroxylation is 1. The van der Waals surface area contributed by atoms with E-state index in [-0.39, 0.29) is 11.5 Å². The first-order valence-electron chi connectivity index (χ1n) is 7.58. The number of phenolic OH excluding ortho intramolecular Hbond substituents is 2. The molecule has 0 aliphatic rings. The highest BCUT2D eigenvalue weighted by atomic mass is 16.5. The smallest absolute Gasteiger partial charge is 0.330 e. The van der Waals surface area contributed by atoms with Crippen LogP contribution in [0.3, 0.4) is 0 Å². The third-order valence-electron chi connectivity index (χ3n) is 3.41. The maximum absolute atomic E-state index is 11.7. The third kappa shape index (κ3) is 5.35. The fourth-order valence-electron chi connectivity index (χ4n) is 2.12. The fourth-order valence-corrected chi connectivity index (χ4v) is 2.12. The molecular weight excluding hydrogens is 308 g/mol. The van der Waals surface area contributed by atoms with Crippen LogP contribution in [0.15, 0.2) is 48.5 Å². The van der Waals surface area contributed by atoms with E-state index < -0.39 is 5.97 Å². The SMILES string of the molecule is COc1cc(/C=C/C(=O)OCCCc2ccc(O)cc2)ccc1O. The van der Waals surface area contributed by atoms with E-state index in [1.54, 1.807) is 30.3 Å². The van der Waals surface area contributed by atoms with Gasteiger partial charge in [-0.2, -0.15) is 0 Å². The van der Waals surface area contributed by atoms with Crippen molar-refractivity contribution in [1.29, 1.82) is 0 Å². The van der Waals surface area contributed by atoms with Gasteiger partial charge in [-0.25, -0.2) is 4.79 Å². The summed E-state index contributed by atoms with van der Waals surface area (Å²) < 4.78 is 10.1. The second-order valence-electron chi connectivity index (χ2n) is 5.20. The molecule has 0 saturated heterocycles. The van der Waals surface area contributed by atoms with Gasteiger partial charge in [-0.1, -0.05) is 18.2 Å². The lowest BCUT2D eigenvalue weighted by Crippen LogP contribution is -2.03. The van der Waals surface area contributed by atoms with Crippen LogP contribution in [-0.4, -0.2) is 29.9 Å². The highest BCUT2D eigenvalue weighted by molar-refractivity contribution is 5.87. The van der Waals surface area contributed by atoms with Crippen molar-refractivity contribution in [2.75, 3.05) is 13.7 Å². The topological polar surface area (TPSA) is 76.0 Å². The number of hydrogen-bond acceptors (Lipinski definition) is 5. The van der Waals surface area contributed by atoms with E-state index in [9.17, 15) is 15.0 Å². The van der Waals surface area contributed by atoms with E-state index in [0.717, 1.165) is 17.5 Å². The Morgan fingerprint density at radius 1 is 1.12 bits per heavy atom. The molecule has 2 rings (SSSR count). The lowest BCUT2D eigenvalue weighted by molar-refractivity contribution is -0.137. The zero-order valence-corrected chi connectivity index (χ0v) is 13.4. The summed E-state index contributed by atoms with van der Waals surface area (Å²) in [6.45, 7) is 0.322. The fraction of sp³-hybridized carbons (Fsp3) is 0.211. The van der Waals surface area contributed by atoms with Gasteiger partial charge in [-0.3, -0.25) is 0 Å². The standard InChI is InChI=1S/C19H20O5/c1-23-18-13-15(6-10-17(18)21)7-11-19(22)24-12-2-3-14-4-8-16(20)9-5-14/h4-11,13,20-21H,2-3,12H2,1H3/b11-7+. The normalized spacial score (nSPS) is 10.7. The summed E-state index contributed by atoms with van der Waals surface area (Å²) in [5.41, 5.74) is 1.81. The van der Waals surface area contributed by atoms with Crippen LogP contribution in [0.5, 0.6) is 17.2 Å². The number of carbonyl (C=O) groups is 1. The molecule has 5 heteroatoms. The lowest BCUT2D eigenvalue weighted by Gasteiger charge is -2.04. The van der Waals surface area contributed by atoms with Crippen molar-refractivity contribution in [3.05, 3.63) is 59.7 Å². The van der Waals surface area contributed by atoms with Gasteiger partial charge in [0.05, 0.1) is 13.7 Å². The number of hydrogen-bond donors (Lipinski definition) is 2. The van der Waals surface area contributed by atoms with Crippen LogP contribution in [0.25, 0.3) is 6.08 Å². The zero-order chi connectivity index (χ0) is 17.4. The minimum Gasteiger partial charge on any atom is -0.508 e. The van der Waals surface area contributed by atoms with Crippen LogP contribution in [0.1, 0.15) is 17.5 Å². The molecule has 0 aliphatic heterocycles. The average Bonchev–Trinajstić information content (AvgIpc) is 2.59. The van der Waals surface area contributed by atoms with Crippen molar-refractivity contribution in [3.63, 3.8) is 0 Å². The minimum absolute atomic E-state index is 0.0476. The van der Waals surface area contributed by atoms with Gasteiger partial charge in [0.25, 0.3) is 0 Å². The summed E-state index contributed by atoms with van der Waals surface area (Å²) in [6.07, 6.45) is 4.42. The van der Waals surface area contributed by atoms with Crippen LogP contribution < -0.4 is 4.74 Å². The molecule has 126 valence electrons. The first kappa shape index (κ1) is 17.4. The van der Waals surface area contributed by atoms with Crippen molar-refractivity contribution >= 4 is 12.0 Å². The Morgan fingerprint density at radius 2 is 1.88 bits per heavy atom. The van der Waals surface area contributed by atoms with Gasteiger partial charge < -0.3 is 19.7 Å². The number of aromatic hydroxyl groups is 2. The van der Waals surface area contributed by atoms with Gasteiger partial charge >= 0.3 is 5.97 Å². The van der Waals surface area contributed by atoms with E-state index >= 15 is 0 Å². The molecule has 0 fully saturated rings. The summed E-state index contributed by atoms with van der Waals surface area (Å²) >= 11 is 0. The molecule has 0 aromatic heterocycles. The Bertz CT molecular complexity index is 704. The Hall–Kier alpha value is -2.95. The van der Waals surface area contributed by atoms with E-state index in [0.29, 0.717) is 18.8 Å². The summed E-state index contributed by atoms with van der Waals surface area (Å²) in [5, 5.41) is 18.7. The molecule has 0 atom stereocenters. The van der Waals surface area contributed by atoms with Gasteiger partial charge in [0.15, 0.2) is 11.5 Å². The number of methoxy groups -OCH3 is 1. The van der Waals surface area contributed by atoms with Crippen LogP contribution in [0.2, 0.25) is 0 Å². The van der Waals surface area contributed by atoms with Gasteiger partial charge in [0.1, 0.15) is 5.75 Å². The predicted octanol–water partition coefficient (Wildman–Crippen LogP) is 3.30. The molecule has 0 amide bonds. The number of phenols is 2. The molecule has 24 heavy (non-hydrogen) atoms. The molecule has 0 heterocycles. The van der Waals surface area contributed by atoms with Crippen LogP contribution in [0, 0.1) is 0 Å². The maximum atomic E-state index is 11.7. The first-order valence-corrected chi connectivity index (χ1v) is 7.58. The lowest BCUT2D eigenvalue weighted by atomic mass is 10.1. The summed E-state index contributed by atoms with van der Waals surface area (Å²) in [7, 11) is 1.46. The van der Waals surface area contributed by atoms with E-state index in [2.05, 4.69) is 0 Å². The molecule has 0 radical (unpaired) electrons. The molecule has 0 unspecified atom stereocenters. The van der Waals surface area contributed by atoms with Crippen molar-refractivity contribution < 1.29 is 24.5 Å². The Morgan fingerprint density at radius 3 is 2.58 bits per heavy atom. The number of ether oxygens (including phenoxy) is 2. The highest BCUT2D eigenvalue weighted by Crippen LogP contribution is 2.26. The molecular formula is C19H20O5. The molecule has 0 bridgehead atoms. The zero-order valence-electron chi connectivity index (χ0n) is 13.4. The third-order valence-corrected chi connectivity index (χ3v) is 3.41. The highest BCUT2D eigenvalue weighted by Gasteiger charge is 2.02. The average molecular weight is 328 g/mol. The molecule has 2 N–H and O–H groups in total. The van der Waals surface area contributed by atoms with Gasteiger partial charge in [-0.15, -0.1) is 0 Å². The summed E-state index contributed by atoms with van der Waals surface area (Å²) in [5.74, 6) is 0.208. The van der Waals surface area contributed by atoms with Crippen molar-refractivity contribution in [2.45, 2.75) is 12.8 Å². The number of carbonyl (C=O) groups excluding carboxylic acids is 1. The molecule has 5 nitrogen and oxygen atoms in total. The van der Waals surface area contributed by atoms with Gasteiger partial charge in [0.2, 0.25) is 0 Å². The van der Waals surface area contributed by atoms with E-state index in [1.807, 2.05) is 12.1 Å². The number of esters is 1. The summed E-state index contributed by atoms with van der Waals surface area (Å²) in [4.78, 5) is 11.7. The van der Waals surface area contributed by atoms with Crippen LogP contribution in [0.4, 0.5) is 0 Å². The second kappa shape index (κ2) is 8.62. The summed E-state index contributed by atoms with van der Waals surface area (Å²) in [6, 6.07) is 11.8. The maximum Gasteiger partial charge on any atom is 0.330 e. The van der Waals surface area contributed by atoms with E-state index in [4.69, 9.17) is 9.47 Å². The van der Waals surface area contributed by atoms with Crippen molar-refractivity contribution in [1.82, 2.24) is 0 Å². The molecule has 2 aromatic carbocycles. The number of rotatable bonds is 7. The quantitative estimate of drug-likeness (QED) is 0.463. The monoisotopic (exact) mass is 328 g/mol. The molecule has 0 spiro atoms. The van der Waals surface area contributed by atoms with Gasteiger partial charge in [-0.05, 0) is 54.3 Å².